The van der Waals surface area contributed by atoms with Gasteiger partial charge in [0.2, 0.25) is 5.91 Å². The van der Waals surface area contributed by atoms with E-state index in [4.69, 9.17) is 4.74 Å². The van der Waals surface area contributed by atoms with Crippen LogP contribution in [0.3, 0.4) is 0 Å². The maximum absolute atomic E-state index is 12.5. The Balaban J connectivity index is 1.50. The molecule has 1 heterocycles. The molecule has 29 heavy (non-hydrogen) atoms. The van der Waals surface area contributed by atoms with Crippen molar-refractivity contribution in [1.82, 2.24) is 10.3 Å². The van der Waals surface area contributed by atoms with Gasteiger partial charge in [-0.1, -0.05) is 0 Å². The van der Waals surface area contributed by atoms with E-state index >= 15 is 0 Å². The van der Waals surface area contributed by atoms with E-state index in [-0.39, 0.29) is 30.2 Å². The first-order valence-corrected chi connectivity index (χ1v) is 9.08. The highest BCUT2D eigenvalue weighted by molar-refractivity contribution is 5.93. The van der Waals surface area contributed by atoms with Gasteiger partial charge < -0.3 is 15.4 Å². The molecule has 154 valence electrons. The number of halogens is 3. The summed E-state index contributed by atoms with van der Waals surface area (Å²) in [4.78, 5) is 28.0. The molecule has 2 aromatic rings. The highest BCUT2D eigenvalue weighted by Gasteiger charge is 2.30. The van der Waals surface area contributed by atoms with E-state index in [1.807, 2.05) is 0 Å². The Morgan fingerprint density at radius 2 is 1.90 bits per heavy atom. The quantitative estimate of drug-likeness (QED) is 0.733. The van der Waals surface area contributed by atoms with E-state index in [0.717, 1.165) is 42.7 Å². The molecule has 1 aliphatic carbocycles. The normalized spacial score (nSPS) is 14.8. The Hall–Kier alpha value is -3.10. The van der Waals surface area contributed by atoms with E-state index in [0.29, 0.717) is 5.82 Å². The van der Waals surface area contributed by atoms with Gasteiger partial charge in [0.15, 0.2) is 6.61 Å². The Morgan fingerprint density at radius 1 is 1.21 bits per heavy atom. The lowest BCUT2D eigenvalue weighted by Crippen LogP contribution is -2.31. The number of rotatable bonds is 7. The second-order valence-electron chi connectivity index (χ2n) is 6.84. The van der Waals surface area contributed by atoms with Gasteiger partial charge in [0.25, 0.3) is 5.91 Å². The van der Waals surface area contributed by atoms with Crippen molar-refractivity contribution < 1.29 is 27.5 Å². The predicted molar refractivity (Wildman–Crippen MR) is 99.1 cm³/mol. The molecular weight excluding hydrogens is 387 g/mol. The van der Waals surface area contributed by atoms with Gasteiger partial charge in [-0.05, 0) is 61.7 Å². The van der Waals surface area contributed by atoms with E-state index in [2.05, 4.69) is 15.6 Å². The van der Waals surface area contributed by atoms with Gasteiger partial charge in [0.05, 0.1) is 11.6 Å². The van der Waals surface area contributed by atoms with Crippen LogP contribution in [0.5, 0.6) is 5.75 Å². The number of alkyl halides is 3. The molecule has 0 bridgehead atoms. The number of carbonyl (C=O) groups excluding carboxylic acids is 2. The number of hydrogen-bond donors (Lipinski definition) is 2. The zero-order valence-electron chi connectivity index (χ0n) is 15.6. The van der Waals surface area contributed by atoms with Crippen molar-refractivity contribution in [3.63, 3.8) is 0 Å². The van der Waals surface area contributed by atoms with Crippen LogP contribution >= 0.6 is 0 Å². The van der Waals surface area contributed by atoms with Crippen molar-refractivity contribution in [1.29, 1.82) is 0 Å². The van der Waals surface area contributed by atoms with Crippen LogP contribution in [0, 0.1) is 5.92 Å². The van der Waals surface area contributed by atoms with Crippen molar-refractivity contribution >= 4 is 17.6 Å². The summed E-state index contributed by atoms with van der Waals surface area (Å²) >= 11 is 0. The van der Waals surface area contributed by atoms with Crippen LogP contribution in [-0.4, -0.2) is 23.4 Å². The molecule has 9 heteroatoms. The lowest BCUT2D eigenvalue weighted by atomic mass is 10.1. The SMILES string of the molecule is CC(NC(=O)COc1ccc(C(F)(F)F)cc1)c1ccnc(NC(=O)C2CC2)c1. The molecule has 1 atom stereocenters. The van der Waals surface area contributed by atoms with E-state index in [1.165, 1.54) is 0 Å². The zero-order chi connectivity index (χ0) is 21.0. The number of nitrogens with one attached hydrogen (secondary N) is 2. The second-order valence-corrected chi connectivity index (χ2v) is 6.84. The van der Waals surface area contributed by atoms with Crippen LogP contribution in [0.25, 0.3) is 0 Å². The van der Waals surface area contributed by atoms with Gasteiger partial charge >= 0.3 is 6.18 Å². The van der Waals surface area contributed by atoms with Crippen LogP contribution in [0.15, 0.2) is 42.6 Å². The third kappa shape index (κ3) is 5.94. The van der Waals surface area contributed by atoms with Gasteiger partial charge in [-0.3, -0.25) is 9.59 Å². The lowest BCUT2D eigenvalue weighted by Gasteiger charge is -2.16. The van der Waals surface area contributed by atoms with Crippen LogP contribution in [0.4, 0.5) is 19.0 Å². The number of pyridine rings is 1. The minimum Gasteiger partial charge on any atom is -0.484 e. The average molecular weight is 407 g/mol. The largest absolute Gasteiger partial charge is 0.484 e. The number of aromatic nitrogens is 1. The Labute approximate surface area is 165 Å². The van der Waals surface area contributed by atoms with Crippen LogP contribution in [0.2, 0.25) is 0 Å². The summed E-state index contributed by atoms with van der Waals surface area (Å²) in [6, 6.07) is 7.14. The summed E-state index contributed by atoms with van der Waals surface area (Å²) < 4.78 is 42.9. The zero-order valence-corrected chi connectivity index (χ0v) is 15.6. The summed E-state index contributed by atoms with van der Waals surface area (Å²) in [5.41, 5.74) is -0.0424. The Morgan fingerprint density at radius 3 is 2.52 bits per heavy atom. The Bertz CT molecular complexity index is 881. The summed E-state index contributed by atoms with van der Waals surface area (Å²) in [5, 5.41) is 5.48. The Kier molecular flexibility index (Phi) is 6.05. The standard InChI is InChI=1S/C20H20F3N3O3/c1-12(14-8-9-24-17(10-14)26-19(28)13-2-3-13)25-18(27)11-29-16-6-4-15(5-7-16)20(21,22)23/h4-10,12-13H,2-3,11H2,1H3,(H,25,27)(H,24,26,28). The molecule has 2 amide bonds. The van der Waals surface area contributed by atoms with E-state index < -0.39 is 17.6 Å². The van der Waals surface area contributed by atoms with Crippen molar-refractivity contribution in [2.45, 2.75) is 32.0 Å². The first-order valence-electron chi connectivity index (χ1n) is 9.08. The van der Waals surface area contributed by atoms with Crippen LogP contribution in [-0.2, 0) is 15.8 Å². The number of benzene rings is 1. The van der Waals surface area contributed by atoms with E-state index in [9.17, 15) is 22.8 Å². The fraction of sp³-hybridized carbons (Fsp3) is 0.350. The maximum atomic E-state index is 12.5. The topological polar surface area (TPSA) is 80.3 Å². The maximum Gasteiger partial charge on any atom is 0.416 e. The van der Waals surface area contributed by atoms with Crippen LogP contribution < -0.4 is 15.4 Å². The van der Waals surface area contributed by atoms with Crippen LogP contribution in [0.1, 0.15) is 36.9 Å². The number of nitrogens with zero attached hydrogens (tertiary/aromatic N) is 1. The number of amides is 2. The van der Waals surface area contributed by atoms with Gasteiger partial charge in [0.1, 0.15) is 11.6 Å². The molecule has 1 saturated carbocycles. The van der Waals surface area contributed by atoms with Crippen molar-refractivity contribution in [3.05, 3.63) is 53.7 Å². The lowest BCUT2D eigenvalue weighted by molar-refractivity contribution is -0.137. The molecule has 1 aromatic carbocycles. The monoisotopic (exact) mass is 407 g/mol. The minimum absolute atomic E-state index is 0.0555. The molecule has 1 aromatic heterocycles. The fourth-order valence-electron chi connectivity index (χ4n) is 2.61. The van der Waals surface area contributed by atoms with Gasteiger partial charge in [-0.15, -0.1) is 0 Å². The predicted octanol–water partition coefficient (Wildman–Crippen LogP) is 3.71. The molecule has 1 aliphatic rings. The molecule has 1 unspecified atom stereocenters. The molecule has 1 fully saturated rings. The molecular formula is C20H20F3N3O3. The molecule has 6 nitrogen and oxygen atoms in total. The molecule has 0 spiro atoms. The molecule has 0 radical (unpaired) electrons. The number of ether oxygens (including phenoxy) is 1. The van der Waals surface area contributed by atoms with Crippen molar-refractivity contribution in [2.75, 3.05) is 11.9 Å². The van der Waals surface area contributed by atoms with Crippen molar-refractivity contribution in [2.24, 2.45) is 5.92 Å². The smallest absolute Gasteiger partial charge is 0.416 e. The molecule has 0 saturated heterocycles. The summed E-state index contributed by atoms with van der Waals surface area (Å²) in [6.07, 6.45) is -1.11. The number of carbonyl (C=O) groups is 2. The first-order chi connectivity index (χ1) is 13.7. The second kappa shape index (κ2) is 8.50. The average Bonchev–Trinajstić information content (AvgIpc) is 3.51. The number of hydrogen-bond acceptors (Lipinski definition) is 4. The van der Waals surface area contributed by atoms with Crippen molar-refractivity contribution in [3.8, 4) is 5.75 Å². The molecule has 2 N–H and O–H groups in total. The molecule has 3 rings (SSSR count). The highest BCUT2D eigenvalue weighted by Crippen LogP contribution is 2.31. The minimum atomic E-state index is -4.42. The first kappa shape index (κ1) is 20.6. The van der Waals surface area contributed by atoms with Gasteiger partial charge in [0, 0.05) is 12.1 Å². The molecule has 0 aliphatic heterocycles. The highest BCUT2D eigenvalue weighted by atomic mass is 19.4. The number of anilines is 1. The summed E-state index contributed by atoms with van der Waals surface area (Å²) in [6.45, 7) is 1.42. The van der Waals surface area contributed by atoms with Gasteiger partial charge in [-0.25, -0.2) is 4.98 Å². The van der Waals surface area contributed by atoms with Gasteiger partial charge in [-0.2, -0.15) is 13.2 Å². The third-order valence-corrected chi connectivity index (χ3v) is 4.41. The third-order valence-electron chi connectivity index (χ3n) is 4.41. The fourth-order valence-corrected chi connectivity index (χ4v) is 2.61. The van der Waals surface area contributed by atoms with E-state index in [1.54, 1.807) is 25.3 Å². The summed E-state index contributed by atoms with van der Waals surface area (Å²) in [5.74, 6) is 0.144. The summed E-state index contributed by atoms with van der Waals surface area (Å²) in [7, 11) is 0.